The molecule has 0 spiro atoms. The third-order valence-electron chi connectivity index (χ3n) is 3.11. The molecule has 1 atom stereocenters. The van der Waals surface area contributed by atoms with Crippen LogP contribution in [0.25, 0.3) is 0 Å². The van der Waals surface area contributed by atoms with Crippen LogP contribution in [0.1, 0.15) is 12.0 Å². The van der Waals surface area contributed by atoms with Crippen molar-refractivity contribution in [3.05, 3.63) is 60.2 Å². The first kappa shape index (κ1) is 14.4. The summed E-state index contributed by atoms with van der Waals surface area (Å²) in [5.74, 6) is 1.65. The lowest BCUT2D eigenvalue weighted by atomic mass is 10.1. The molecule has 0 bridgehead atoms. The molecule has 0 aliphatic heterocycles. The second kappa shape index (κ2) is 7.56. The molecule has 2 rings (SSSR count). The van der Waals surface area contributed by atoms with Gasteiger partial charge in [-0.15, -0.1) is 0 Å². The molecule has 1 N–H and O–H groups in total. The first-order valence-electron chi connectivity index (χ1n) is 6.77. The van der Waals surface area contributed by atoms with E-state index in [0.717, 1.165) is 17.1 Å². The van der Waals surface area contributed by atoms with Crippen molar-refractivity contribution in [2.75, 3.05) is 13.7 Å². The molecule has 0 aliphatic carbocycles. The molecule has 3 nitrogen and oxygen atoms in total. The van der Waals surface area contributed by atoms with Gasteiger partial charge in [0.05, 0.1) is 19.8 Å². The second-order valence-corrected chi connectivity index (χ2v) is 4.62. The predicted molar refractivity (Wildman–Crippen MR) is 79.3 cm³/mol. The Balaban J connectivity index is 1.79. The summed E-state index contributed by atoms with van der Waals surface area (Å²) in [6.07, 6.45) is 0.727. The van der Waals surface area contributed by atoms with Crippen LogP contribution in [0.5, 0.6) is 11.5 Å². The van der Waals surface area contributed by atoms with Crippen LogP contribution in [0.2, 0.25) is 0 Å². The first-order valence-corrected chi connectivity index (χ1v) is 6.77. The van der Waals surface area contributed by atoms with Crippen LogP contribution in [-0.2, 0) is 6.42 Å². The predicted octanol–water partition coefficient (Wildman–Crippen LogP) is 3.07. The Morgan fingerprint density at radius 2 is 1.70 bits per heavy atom. The van der Waals surface area contributed by atoms with Crippen LogP contribution in [0.15, 0.2) is 54.6 Å². The standard InChI is InChI=1S/C17H20O3/c1-19-17-10-6-5-7-14(17)13-15(18)11-12-20-16-8-3-2-4-9-16/h2-10,15,18H,11-13H2,1H3. The quantitative estimate of drug-likeness (QED) is 0.842. The molecule has 106 valence electrons. The minimum Gasteiger partial charge on any atom is -0.496 e. The number of aliphatic hydroxyl groups is 1. The molecule has 2 aromatic carbocycles. The third-order valence-corrected chi connectivity index (χ3v) is 3.11. The summed E-state index contributed by atoms with van der Waals surface area (Å²) in [6.45, 7) is 0.500. The molecule has 0 saturated carbocycles. The minimum absolute atomic E-state index is 0.435. The third kappa shape index (κ3) is 4.28. The number of methoxy groups -OCH3 is 1. The number of hydrogen-bond acceptors (Lipinski definition) is 3. The summed E-state index contributed by atoms with van der Waals surface area (Å²) in [5.41, 5.74) is 1.02. The molecular formula is C17H20O3. The van der Waals surface area contributed by atoms with Gasteiger partial charge in [0.1, 0.15) is 11.5 Å². The molecule has 20 heavy (non-hydrogen) atoms. The number of rotatable bonds is 7. The van der Waals surface area contributed by atoms with Gasteiger partial charge in [0.25, 0.3) is 0 Å². The maximum absolute atomic E-state index is 10.1. The summed E-state index contributed by atoms with van der Waals surface area (Å²) in [7, 11) is 1.64. The van der Waals surface area contributed by atoms with E-state index in [4.69, 9.17) is 9.47 Å². The highest BCUT2D eigenvalue weighted by atomic mass is 16.5. The van der Waals surface area contributed by atoms with Gasteiger partial charge in [-0.3, -0.25) is 0 Å². The zero-order valence-corrected chi connectivity index (χ0v) is 11.7. The Bertz CT molecular complexity index is 511. The van der Waals surface area contributed by atoms with Crippen molar-refractivity contribution in [2.24, 2.45) is 0 Å². The summed E-state index contributed by atoms with van der Waals surface area (Å²) in [5, 5.41) is 10.1. The topological polar surface area (TPSA) is 38.7 Å². The lowest BCUT2D eigenvalue weighted by Gasteiger charge is -2.14. The zero-order valence-electron chi connectivity index (χ0n) is 11.7. The van der Waals surface area contributed by atoms with Crippen LogP contribution in [0.3, 0.4) is 0 Å². The van der Waals surface area contributed by atoms with Gasteiger partial charge in [0.15, 0.2) is 0 Å². The van der Waals surface area contributed by atoms with Gasteiger partial charge < -0.3 is 14.6 Å². The molecule has 0 amide bonds. The Labute approximate surface area is 119 Å². The second-order valence-electron chi connectivity index (χ2n) is 4.62. The summed E-state index contributed by atoms with van der Waals surface area (Å²) in [6, 6.07) is 17.4. The summed E-state index contributed by atoms with van der Waals surface area (Å²) in [4.78, 5) is 0. The van der Waals surface area contributed by atoms with Crippen molar-refractivity contribution < 1.29 is 14.6 Å². The van der Waals surface area contributed by atoms with Gasteiger partial charge in [0, 0.05) is 12.8 Å². The van der Waals surface area contributed by atoms with E-state index in [9.17, 15) is 5.11 Å². The molecule has 0 radical (unpaired) electrons. The van der Waals surface area contributed by atoms with Crippen molar-refractivity contribution in [3.8, 4) is 11.5 Å². The van der Waals surface area contributed by atoms with Crippen molar-refractivity contribution in [1.82, 2.24) is 0 Å². The van der Waals surface area contributed by atoms with Gasteiger partial charge in [-0.05, 0) is 23.8 Å². The molecular weight excluding hydrogens is 252 g/mol. The average molecular weight is 272 g/mol. The maximum Gasteiger partial charge on any atom is 0.122 e. The monoisotopic (exact) mass is 272 g/mol. The first-order chi connectivity index (χ1) is 9.79. The van der Waals surface area contributed by atoms with Crippen molar-refractivity contribution in [2.45, 2.75) is 18.9 Å². The van der Waals surface area contributed by atoms with E-state index in [1.165, 1.54) is 0 Å². The molecule has 0 saturated heterocycles. The van der Waals surface area contributed by atoms with Crippen LogP contribution in [0, 0.1) is 0 Å². The Morgan fingerprint density at radius 3 is 2.45 bits per heavy atom. The van der Waals surface area contributed by atoms with Gasteiger partial charge in [-0.2, -0.15) is 0 Å². The van der Waals surface area contributed by atoms with Crippen LogP contribution < -0.4 is 9.47 Å². The minimum atomic E-state index is -0.435. The fourth-order valence-corrected chi connectivity index (χ4v) is 2.06. The molecule has 0 heterocycles. The van der Waals surface area contributed by atoms with Crippen LogP contribution >= 0.6 is 0 Å². The largest absolute Gasteiger partial charge is 0.496 e. The zero-order chi connectivity index (χ0) is 14.2. The Hall–Kier alpha value is -2.00. The summed E-state index contributed by atoms with van der Waals surface area (Å²) >= 11 is 0. The Kier molecular flexibility index (Phi) is 5.44. The lowest BCUT2D eigenvalue weighted by Crippen LogP contribution is -2.15. The van der Waals surface area contributed by atoms with E-state index >= 15 is 0 Å². The number of para-hydroxylation sites is 2. The van der Waals surface area contributed by atoms with Crippen LogP contribution in [0.4, 0.5) is 0 Å². The number of ether oxygens (including phenoxy) is 2. The molecule has 2 aromatic rings. The van der Waals surface area contributed by atoms with Crippen molar-refractivity contribution in [3.63, 3.8) is 0 Å². The number of benzene rings is 2. The molecule has 3 heteroatoms. The fourth-order valence-electron chi connectivity index (χ4n) is 2.06. The lowest BCUT2D eigenvalue weighted by molar-refractivity contribution is 0.138. The smallest absolute Gasteiger partial charge is 0.122 e. The van der Waals surface area contributed by atoms with E-state index < -0.39 is 6.10 Å². The van der Waals surface area contributed by atoms with E-state index in [0.29, 0.717) is 19.4 Å². The highest BCUT2D eigenvalue weighted by molar-refractivity contribution is 5.33. The average Bonchev–Trinajstić information content (AvgIpc) is 2.49. The highest BCUT2D eigenvalue weighted by Gasteiger charge is 2.09. The van der Waals surface area contributed by atoms with E-state index in [2.05, 4.69) is 0 Å². The van der Waals surface area contributed by atoms with Gasteiger partial charge in [0.2, 0.25) is 0 Å². The normalized spacial score (nSPS) is 11.9. The molecule has 0 aliphatic rings. The van der Waals surface area contributed by atoms with E-state index in [1.807, 2.05) is 54.6 Å². The van der Waals surface area contributed by atoms with Crippen molar-refractivity contribution >= 4 is 0 Å². The van der Waals surface area contributed by atoms with E-state index in [1.54, 1.807) is 7.11 Å². The molecule has 0 fully saturated rings. The number of aliphatic hydroxyl groups excluding tert-OH is 1. The number of hydrogen-bond donors (Lipinski definition) is 1. The van der Waals surface area contributed by atoms with Crippen LogP contribution in [-0.4, -0.2) is 24.9 Å². The van der Waals surface area contributed by atoms with Crippen molar-refractivity contribution in [1.29, 1.82) is 0 Å². The molecule has 0 aromatic heterocycles. The van der Waals surface area contributed by atoms with E-state index in [-0.39, 0.29) is 0 Å². The van der Waals surface area contributed by atoms with Gasteiger partial charge in [-0.25, -0.2) is 0 Å². The highest BCUT2D eigenvalue weighted by Crippen LogP contribution is 2.19. The molecule has 1 unspecified atom stereocenters. The summed E-state index contributed by atoms with van der Waals surface area (Å²) < 4.78 is 10.9. The van der Waals surface area contributed by atoms with Gasteiger partial charge >= 0.3 is 0 Å². The maximum atomic E-state index is 10.1. The fraction of sp³-hybridized carbons (Fsp3) is 0.294. The SMILES string of the molecule is COc1ccccc1CC(O)CCOc1ccccc1. The van der Waals surface area contributed by atoms with Gasteiger partial charge in [-0.1, -0.05) is 36.4 Å². The Morgan fingerprint density at radius 1 is 1.00 bits per heavy atom.